The van der Waals surface area contributed by atoms with E-state index >= 15 is 0 Å². The van der Waals surface area contributed by atoms with Crippen molar-refractivity contribution in [2.24, 2.45) is 17.0 Å². The summed E-state index contributed by atoms with van der Waals surface area (Å²) in [4.78, 5) is 37.2. The zero-order chi connectivity index (χ0) is 20.4. The molecule has 9 nitrogen and oxygen atoms in total. The van der Waals surface area contributed by atoms with E-state index in [1.807, 2.05) is 13.8 Å². The lowest BCUT2D eigenvalue weighted by Crippen LogP contribution is -2.44. The lowest BCUT2D eigenvalue weighted by molar-refractivity contribution is -0.142. The van der Waals surface area contributed by atoms with Crippen LogP contribution in [0.4, 0.5) is 5.69 Å². The lowest BCUT2D eigenvalue weighted by atomic mass is 10.0. The molecule has 0 spiro atoms. The molecular weight excluding hydrogens is 374 g/mol. The Morgan fingerprint density at radius 2 is 2.04 bits per heavy atom. The number of hydrogen-bond acceptors (Lipinski definition) is 5. The fraction of sp³-hybridized carbons (Fsp3) is 0.471. The Morgan fingerprint density at radius 1 is 1.37 bits per heavy atom. The van der Waals surface area contributed by atoms with Crippen molar-refractivity contribution in [3.05, 3.63) is 24.3 Å². The van der Waals surface area contributed by atoms with Crippen LogP contribution in [0.2, 0.25) is 0 Å². The molecule has 1 fully saturated rings. The third-order valence-electron chi connectivity index (χ3n) is 4.28. The Morgan fingerprint density at radius 3 is 2.59 bits per heavy atom. The molecule has 1 aromatic rings. The Labute approximate surface area is 157 Å². The number of aliphatic carboxylic acids is 1. The van der Waals surface area contributed by atoms with E-state index in [9.17, 15) is 27.9 Å². The van der Waals surface area contributed by atoms with Crippen LogP contribution in [0.25, 0.3) is 0 Å². The van der Waals surface area contributed by atoms with E-state index in [1.54, 1.807) is 6.07 Å². The van der Waals surface area contributed by atoms with Crippen LogP contribution in [-0.2, 0) is 24.4 Å². The summed E-state index contributed by atoms with van der Waals surface area (Å²) in [7, 11) is -3.92. The normalized spacial score (nSPS) is 18.6. The number of carbonyl (C=O) groups is 3. The molecular formula is C17H23N3O6S. The predicted octanol–water partition coefficient (Wildman–Crippen LogP) is 0.302. The first-order valence-corrected chi connectivity index (χ1v) is 10.00. The van der Waals surface area contributed by atoms with Gasteiger partial charge >= 0.3 is 5.97 Å². The molecule has 27 heavy (non-hydrogen) atoms. The number of carbonyl (C=O) groups excluding carboxylic acids is 2. The second kappa shape index (κ2) is 8.05. The number of carboxylic acid groups (broad SMARTS) is 1. The van der Waals surface area contributed by atoms with Gasteiger partial charge in [-0.1, -0.05) is 19.9 Å². The number of carboxylic acids is 1. The summed E-state index contributed by atoms with van der Waals surface area (Å²) in [6, 6.07) is 4.57. The van der Waals surface area contributed by atoms with E-state index in [0.29, 0.717) is 5.69 Å². The van der Waals surface area contributed by atoms with Gasteiger partial charge in [-0.05, 0) is 30.5 Å². The summed E-state index contributed by atoms with van der Waals surface area (Å²) in [6.07, 6.45) is 0.196. The van der Waals surface area contributed by atoms with Crippen LogP contribution < -0.4 is 15.4 Å². The smallest absolute Gasteiger partial charge is 0.326 e. The molecule has 4 N–H and O–H groups in total. The van der Waals surface area contributed by atoms with E-state index < -0.39 is 33.9 Å². The largest absolute Gasteiger partial charge is 0.480 e. The van der Waals surface area contributed by atoms with E-state index in [2.05, 4.69) is 5.32 Å². The third-order valence-corrected chi connectivity index (χ3v) is 5.19. The number of primary sulfonamides is 1. The van der Waals surface area contributed by atoms with Gasteiger partial charge in [0.25, 0.3) is 0 Å². The summed E-state index contributed by atoms with van der Waals surface area (Å²) in [5, 5.41) is 16.8. The van der Waals surface area contributed by atoms with Crippen LogP contribution in [0.3, 0.4) is 0 Å². The summed E-state index contributed by atoms with van der Waals surface area (Å²) in [5.41, 5.74) is 0.318. The molecule has 0 bridgehead atoms. The van der Waals surface area contributed by atoms with Crippen molar-refractivity contribution in [1.29, 1.82) is 0 Å². The Balaban J connectivity index is 2.13. The van der Waals surface area contributed by atoms with Gasteiger partial charge in [0.05, 0.1) is 10.8 Å². The number of nitrogens with one attached hydrogen (secondary N) is 1. The van der Waals surface area contributed by atoms with Gasteiger partial charge in [-0.3, -0.25) is 9.59 Å². The van der Waals surface area contributed by atoms with Gasteiger partial charge in [-0.2, -0.15) is 0 Å². The SMILES string of the molecule is CC(C)C[C@@H](NC(=O)C1CC(=O)N(c2cccc(S(N)(=O)=O)c2)C1)C(=O)O. The molecule has 1 aromatic carbocycles. The number of hydrogen-bond donors (Lipinski definition) is 3. The van der Waals surface area contributed by atoms with E-state index in [-0.39, 0.29) is 36.1 Å². The summed E-state index contributed by atoms with van der Waals surface area (Å²) in [5.74, 6) is -2.63. The fourth-order valence-electron chi connectivity index (χ4n) is 2.94. The fourth-order valence-corrected chi connectivity index (χ4v) is 3.50. The Kier molecular flexibility index (Phi) is 6.22. The van der Waals surface area contributed by atoms with Crippen LogP contribution in [0.5, 0.6) is 0 Å². The van der Waals surface area contributed by atoms with Crippen molar-refractivity contribution in [3.63, 3.8) is 0 Å². The highest BCUT2D eigenvalue weighted by Crippen LogP contribution is 2.27. The van der Waals surface area contributed by atoms with Gasteiger partial charge in [0.1, 0.15) is 6.04 Å². The van der Waals surface area contributed by atoms with Crippen LogP contribution in [0.15, 0.2) is 29.2 Å². The average molecular weight is 397 g/mol. The maximum Gasteiger partial charge on any atom is 0.326 e. The van der Waals surface area contributed by atoms with Crippen LogP contribution in [-0.4, -0.2) is 43.9 Å². The minimum absolute atomic E-state index is 0.0345. The van der Waals surface area contributed by atoms with Crippen molar-refractivity contribution in [2.75, 3.05) is 11.4 Å². The summed E-state index contributed by atoms with van der Waals surface area (Å²) in [6.45, 7) is 3.73. The quantitative estimate of drug-likeness (QED) is 0.603. The number of nitrogens with zero attached hydrogens (tertiary/aromatic N) is 1. The maximum atomic E-state index is 12.4. The highest BCUT2D eigenvalue weighted by atomic mass is 32.2. The zero-order valence-electron chi connectivity index (χ0n) is 15.1. The molecule has 0 saturated carbocycles. The molecule has 2 rings (SSSR count). The lowest BCUT2D eigenvalue weighted by Gasteiger charge is -2.20. The second-order valence-corrected chi connectivity index (χ2v) is 8.54. The third kappa shape index (κ3) is 5.27. The standard InChI is InChI=1S/C17H23N3O6S/c1-10(2)6-14(17(23)24)19-16(22)11-7-15(21)20(9-11)12-4-3-5-13(8-12)27(18,25)26/h3-5,8,10-11,14H,6-7,9H2,1-2H3,(H,19,22)(H,23,24)(H2,18,25,26)/t11?,14-/m1/s1. The summed E-state index contributed by atoms with van der Waals surface area (Å²) < 4.78 is 23.0. The number of sulfonamides is 1. The molecule has 1 unspecified atom stereocenters. The molecule has 1 aliphatic rings. The van der Waals surface area contributed by atoms with Gasteiger partial charge in [0.2, 0.25) is 21.8 Å². The van der Waals surface area contributed by atoms with Crippen LogP contribution in [0.1, 0.15) is 26.7 Å². The average Bonchev–Trinajstić information content (AvgIpc) is 2.95. The van der Waals surface area contributed by atoms with E-state index in [1.165, 1.54) is 23.1 Å². The van der Waals surface area contributed by atoms with E-state index in [4.69, 9.17) is 5.14 Å². The maximum absolute atomic E-state index is 12.4. The molecule has 1 aliphatic heterocycles. The number of anilines is 1. The number of nitrogens with two attached hydrogens (primary N) is 1. The molecule has 10 heteroatoms. The Hall–Kier alpha value is -2.46. The second-order valence-electron chi connectivity index (χ2n) is 6.98. The van der Waals surface area contributed by atoms with Gasteiger partial charge < -0.3 is 15.3 Å². The van der Waals surface area contributed by atoms with Gasteiger partial charge in [-0.25, -0.2) is 18.4 Å². The monoisotopic (exact) mass is 397 g/mol. The van der Waals surface area contributed by atoms with Crippen molar-refractivity contribution in [3.8, 4) is 0 Å². The first-order chi connectivity index (χ1) is 12.5. The predicted molar refractivity (Wildman–Crippen MR) is 97.3 cm³/mol. The van der Waals surface area contributed by atoms with E-state index in [0.717, 1.165) is 0 Å². The highest BCUT2D eigenvalue weighted by molar-refractivity contribution is 7.89. The van der Waals surface area contributed by atoms with Crippen molar-refractivity contribution in [1.82, 2.24) is 5.32 Å². The molecule has 0 radical (unpaired) electrons. The van der Waals surface area contributed by atoms with Crippen molar-refractivity contribution in [2.45, 2.75) is 37.6 Å². The molecule has 2 amide bonds. The van der Waals surface area contributed by atoms with Gasteiger partial charge in [0.15, 0.2) is 0 Å². The molecule has 1 heterocycles. The molecule has 1 saturated heterocycles. The first kappa shape index (κ1) is 20.8. The minimum Gasteiger partial charge on any atom is -0.480 e. The number of rotatable bonds is 7. The van der Waals surface area contributed by atoms with Crippen molar-refractivity contribution < 1.29 is 27.9 Å². The Bertz CT molecular complexity index is 852. The van der Waals surface area contributed by atoms with Crippen LogP contribution in [0, 0.1) is 11.8 Å². The zero-order valence-corrected chi connectivity index (χ0v) is 15.9. The minimum atomic E-state index is -3.92. The number of amides is 2. The van der Waals surface area contributed by atoms with Gasteiger partial charge in [0, 0.05) is 18.7 Å². The molecule has 148 valence electrons. The summed E-state index contributed by atoms with van der Waals surface area (Å²) >= 11 is 0. The topological polar surface area (TPSA) is 147 Å². The molecule has 0 aromatic heterocycles. The molecule has 2 atom stereocenters. The first-order valence-electron chi connectivity index (χ1n) is 8.45. The molecule has 0 aliphatic carbocycles. The highest BCUT2D eigenvalue weighted by Gasteiger charge is 2.36. The number of benzene rings is 1. The van der Waals surface area contributed by atoms with Gasteiger partial charge in [-0.15, -0.1) is 0 Å². The van der Waals surface area contributed by atoms with Crippen LogP contribution >= 0.6 is 0 Å². The van der Waals surface area contributed by atoms with Crippen molar-refractivity contribution >= 4 is 33.5 Å².